The summed E-state index contributed by atoms with van der Waals surface area (Å²) >= 11 is 3.00. The molecule has 0 aliphatic heterocycles. The van der Waals surface area contributed by atoms with Gasteiger partial charge in [-0.2, -0.15) is 5.26 Å². The Labute approximate surface area is 99.0 Å². The Morgan fingerprint density at radius 3 is 2.47 bits per heavy atom. The summed E-state index contributed by atoms with van der Waals surface area (Å²) in [5.41, 5.74) is 0.0333. The van der Waals surface area contributed by atoms with E-state index < -0.39 is 9.05 Å². The highest BCUT2D eigenvalue weighted by Crippen LogP contribution is 2.26. The summed E-state index contributed by atoms with van der Waals surface area (Å²) < 4.78 is 22.4. The second-order valence-electron chi connectivity index (χ2n) is 2.54. The first-order chi connectivity index (χ1) is 6.90. The summed E-state index contributed by atoms with van der Waals surface area (Å²) in [6, 6.07) is 4.09. The number of hydrogen-bond donors (Lipinski definition) is 0. The van der Waals surface area contributed by atoms with Gasteiger partial charge in [0, 0.05) is 20.7 Å². The van der Waals surface area contributed by atoms with Gasteiger partial charge in [-0.3, -0.25) is 4.79 Å². The maximum absolute atomic E-state index is 11.1. The zero-order valence-electron chi connectivity index (χ0n) is 7.07. The number of carbonyl (C=O) groups is 1. The lowest BCUT2D eigenvalue weighted by Gasteiger charge is -2.02. The van der Waals surface area contributed by atoms with Crippen molar-refractivity contribution in [3.63, 3.8) is 0 Å². The molecular formula is C8H3BrClNO3S. The first-order valence-corrected chi connectivity index (χ1v) is 6.64. The van der Waals surface area contributed by atoms with Crippen LogP contribution in [-0.2, 0) is 9.05 Å². The molecule has 0 unspecified atom stereocenters. The Balaban J connectivity index is 3.64. The van der Waals surface area contributed by atoms with Crippen LogP contribution in [0.5, 0.6) is 0 Å². The maximum Gasteiger partial charge on any atom is 0.262 e. The molecule has 4 nitrogen and oxygen atoms in total. The van der Waals surface area contributed by atoms with Crippen LogP contribution in [0.4, 0.5) is 0 Å². The molecule has 0 bridgehead atoms. The van der Waals surface area contributed by atoms with Crippen molar-refractivity contribution in [2.45, 2.75) is 4.90 Å². The average molecular weight is 309 g/mol. The van der Waals surface area contributed by atoms with E-state index in [9.17, 15) is 13.2 Å². The highest BCUT2D eigenvalue weighted by atomic mass is 79.9. The van der Waals surface area contributed by atoms with Gasteiger partial charge in [-0.25, -0.2) is 8.42 Å². The minimum absolute atomic E-state index is 0.134. The number of nitrogens with zero attached hydrogens (tertiary/aromatic N) is 1. The van der Waals surface area contributed by atoms with Crippen LogP contribution in [0.3, 0.4) is 0 Å². The SMILES string of the molecule is N#Cc1cc(C=O)c(S(=O)(=O)Cl)cc1Br. The van der Waals surface area contributed by atoms with Gasteiger partial charge in [0.05, 0.1) is 10.5 Å². The zero-order chi connectivity index (χ0) is 11.6. The van der Waals surface area contributed by atoms with E-state index in [1.165, 1.54) is 0 Å². The van der Waals surface area contributed by atoms with Gasteiger partial charge in [-0.15, -0.1) is 0 Å². The molecule has 1 aromatic rings. The quantitative estimate of drug-likeness (QED) is 0.619. The fourth-order valence-electron chi connectivity index (χ4n) is 0.961. The normalized spacial score (nSPS) is 10.7. The van der Waals surface area contributed by atoms with Crippen molar-refractivity contribution in [3.05, 3.63) is 27.7 Å². The minimum Gasteiger partial charge on any atom is -0.298 e. The van der Waals surface area contributed by atoms with Gasteiger partial charge in [0.1, 0.15) is 6.07 Å². The molecule has 0 radical (unpaired) electrons. The highest BCUT2D eigenvalue weighted by molar-refractivity contribution is 9.10. The zero-order valence-corrected chi connectivity index (χ0v) is 10.2. The van der Waals surface area contributed by atoms with Crippen LogP contribution in [0.2, 0.25) is 0 Å². The van der Waals surface area contributed by atoms with Gasteiger partial charge in [-0.05, 0) is 28.1 Å². The van der Waals surface area contributed by atoms with Gasteiger partial charge in [0.2, 0.25) is 0 Å². The molecule has 0 aromatic heterocycles. The third kappa shape index (κ3) is 2.56. The monoisotopic (exact) mass is 307 g/mol. The topological polar surface area (TPSA) is 75.0 Å². The molecule has 1 rings (SSSR count). The number of rotatable bonds is 2. The second-order valence-corrected chi connectivity index (χ2v) is 5.93. The molecule has 0 aliphatic rings. The average Bonchev–Trinajstić information content (AvgIpc) is 2.16. The highest BCUT2D eigenvalue weighted by Gasteiger charge is 2.17. The van der Waals surface area contributed by atoms with Crippen LogP contribution in [0, 0.1) is 11.3 Å². The first kappa shape index (κ1) is 12.2. The Morgan fingerprint density at radius 2 is 2.07 bits per heavy atom. The van der Waals surface area contributed by atoms with Crippen LogP contribution in [0.1, 0.15) is 15.9 Å². The predicted molar refractivity (Wildman–Crippen MR) is 57.3 cm³/mol. The summed E-state index contributed by atoms with van der Waals surface area (Å²) in [5, 5.41) is 8.65. The number of carbonyl (C=O) groups excluding carboxylic acids is 1. The van der Waals surface area contributed by atoms with E-state index in [0.717, 1.165) is 12.1 Å². The number of halogens is 2. The molecule has 0 spiro atoms. The van der Waals surface area contributed by atoms with Crippen molar-refractivity contribution in [3.8, 4) is 6.07 Å². The molecule has 0 saturated carbocycles. The molecular weight excluding hydrogens is 306 g/mol. The van der Waals surface area contributed by atoms with Crippen molar-refractivity contribution in [1.82, 2.24) is 0 Å². The summed E-state index contributed by atoms with van der Waals surface area (Å²) in [4.78, 5) is 10.3. The molecule has 0 heterocycles. The molecule has 15 heavy (non-hydrogen) atoms. The predicted octanol–water partition coefficient (Wildman–Crippen LogP) is 2.06. The lowest BCUT2D eigenvalue weighted by Crippen LogP contribution is -1.98. The van der Waals surface area contributed by atoms with E-state index >= 15 is 0 Å². The van der Waals surface area contributed by atoms with Crippen molar-refractivity contribution < 1.29 is 13.2 Å². The van der Waals surface area contributed by atoms with E-state index in [0.29, 0.717) is 6.29 Å². The van der Waals surface area contributed by atoms with Crippen molar-refractivity contribution in [2.75, 3.05) is 0 Å². The largest absolute Gasteiger partial charge is 0.298 e. The van der Waals surface area contributed by atoms with Crippen molar-refractivity contribution in [1.29, 1.82) is 5.26 Å². The van der Waals surface area contributed by atoms with Gasteiger partial charge in [-0.1, -0.05) is 0 Å². The third-order valence-corrected chi connectivity index (χ3v) is 3.64. The van der Waals surface area contributed by atoms with Crippen LogP contribution >= 0.6 is 26.6 Å². The smallest absolute Gasteiger partial charge is 0.262 e. The molecule has 7 heteroatoms. The third-order valence-electron chi connectivity index (χ3n) is 1.61. The molecule has 1 aromatic carbocycles. The van der Waals surface area contributed by atoms with E-state index in [-0.39, 0.29) is 20.5 Å². The summed E-state index contributed by atoms with van der Waals surface area (Å²) in [5.74, 6) is 0. The molecule has 0 amide bonds. The van der Waals surface area contributed by atoms with E-state index in [4.69, 9.17) is 15.9 Å². The van der Waals surface area contributed by atoms with E-state index in [1.807, 2.05) is 0 Å². The molecule has 0 fully saturated rings. The van der Waals surface area contributed by atoms with Crippen LogP contribution < -0.4 is 0 Å². The molecule has 0 saturated heterocycles. The number of aldehydes is 1. The second kappa shape index (κ2) is 4.31. The summed E-state index contributed by atoms with van der Waals surface area (Å²) in [7, 11) is 1.13. The van der Waals surface area contributed by atoms with Crippen LogP contribution in [0.15, 0.2) is 21.5 Å². The van der Waals surface area contributed by atoms with E-state index in [2.05, 4.69) is 15.9 Å². The fourth-order valence-corrected chi connectivity index (χ4v) is 2.59. The van der Waals surface area contributed by atoms with Gasteiger partial charge < -0.3 is 0 Å². The first-order valence-electron chi connectivity index (χ1n) is 3.53. The Kier molecular flexibility index (Phi) is 3.50. The lowest BCUT2D eigenvalue weighted by molar-refractivity contribution is 0.112. The van der Waals surface area contributed by atoms with Gasteiger partial charge >= 0.3 is 0 Å². The Hall–Kier alpha value is -0.900. The standard InChI is InChI=1S/C8H3BrClNO3S/c9-7-2-8(15(10,13)14)6(4-12)1-5(7)3-11/h1-2,4H. The number of nitriles is 1. The molecule has 0 aliphatic carbocycles. The maximum atomic E-state index is 11.1. The number of hydrogen-bond acceptors (Lipinski definition) is 4. The molecule has 0 N–H and O–H groups in total. The van der Waals surface area contributed by atoms with Gasteiger partial charge in [0.25, 0.3) is 9.05 Å². The van der Waals surface area contributed by atoms with Crippen molar-refractivity contribution >= 4 is 41.9 Å². The molecule has 0 atom stereocenters. The Bertz CT molecular complexity index is 562. The van der Waals surface area contributed by atoms with Gasteiger partial charge in [0.15, 0.2) is 6.29 Å². The number of benzene rings is 1. The molecule has 78 valence electrons. The Morgan fingerprint density at radius 1 is 1.47 bits per heavy atom. The minimum atomic E-state index is -3.99. The summed E-state index contributed by atoms with van der Waals surface area (Å²) in [6.45, 7) is 0. The van der Waals surface area contributed by atoms with E-state index in [1.54, 1.807) is 6.07 Å². The van der Waals surface area contributed by atoms with Crippen LogP contribution in [0.25, 0.3) is 0 Å². The summed E-state index contributed by atoms with van der Waals surface area (Å²) in [6.07, 6.45) is 0.336. The van der Waals surface area contributed by atoms with Crippen LogP contribution in [-0.4, -0.2) is 14.7 Å². The lowest BCUT2D eigenvalue weighted by atomic mass is 10.1. The van der Waals surface area contributed by atoms with Crippen molar-refractivity contribution in [2.24, 2.45) is 0 Å². The fraction of sp³-hybridized carbons (Fsp3) is 0.